The van der Waals surface area contributed by atoms with E-state index >= 15 is 0 Å². The molecule has 3 aliphatic heterocycles. The molecule has 4 nitrogen and oxygen atoms in total. The number of ether oxygens (including phenoxy) is 3. The second kappa shape index (κ2) is 3.14. The number of ketones is 1. The molecule has 0 aliphatic carbocycles. The zero-order valence-corrected chi connectivity index (χ0v) is 8.64. The molecule has 82 valence electrons. The third kappa shape index (κ3) is 1.29. The van der Waals surface area contributed by atoms with Crippen molar-refractivity contribution in [2.45, 2.75) is 31.3 Å². The van der Waals surface area contributed by atoms with Crippen LogP contribution in [0.1, 0.15) is 13.3 Å². The average molecular weight is 210 g/mol. The van der Waals surface area contributed by atoms with Gasteiger partial charge in [0, 0.05) is 0 Å². The maximum Gasteiger partial charge on any atom is 0.190 e. The van der Waals surface area contributed by atoms with Crippen LogP contribution >= 0.6 is 0 Å². The summed E-state index contributed by atoms with van der Waals surface area (Å²) in [7, 11) is 0. The molecule has 0 saturated carbocycles. The highest BCUT2D eigenvalue weighted by molar-refractivity contribution is 5.80. The Morgan fingerprint density at radius 3 is 2.73 bits per heavy atom. The summed E-state index contributed by atoms with van der Waals surface area (Å²) in [5.74, 6) is 0.159. The summed E-state index contributed by atoms with van der Waals surface area (Å²) in [6.45, 7) is 2.84. The minimum absolute atomic E-state index is 0.0252. The highest BCUT2D eigenvalue weighted by Crippen LogP contribution is 2.46. The molecule has 0 radical (unpaired) electrons. The number of hydrogen-bond acceptors (Lipinski definition) is 4. The van der Waals surface area contributed by atoms with Crippen molar-refractivity contribution in [1.82, 2.24) is 0 Å². The van der Waals surface area contributed by atoms with Crippen LogP contribution < -0.4 is 0 Å². The number of Topliss-reactive ketones (excluding diaryl/α,β-unsaturated/α-hetero) is 1. The van der Waals surface area contributed by atoms with E-state index in [4.69, 9.17) is 14.2 Å². The minimum Gasteiger partial charge on any atom is -0.358 e. The van der Waals surface area contributed by atoms with Gasteiger partial charge in [-0.25, -0.2) is 0 Å². The Morgan fingerprint density at radius 1 is 1.40 bits per heavy atom. The fraction of sp³-hybridized carbons (Fsp3) is 0.727. The fourth-order valence-corrected chi connectivity index (χ4v) is 2.63. The van der Waals surface area contributed by atoms with Crippen molar-refractivity contribution in [3.05, 3.63) is 12.2 Å². The van der Waals surface area contributed by atoms with Crippen LogP contribution in [0.5, 0.6) is 0 Å². The van der Waals surface area contributed by atoms with Gasteiger partial charge in [0.25, 0.3) is 0 Å². The Morgan fingerprint density at radius 2 is 2.13 bits per heavy atom. The second-order valence-electron chi connectivity index (χ2n) is 4.39. The van der Waals surface area contributed by atoms with Crippen molar-refractivity contribution in [2.24, 2.45) is 5.92 Å². The molecule has 3 aliphatic rings. The van der Waals surface area contributed by atoms with Gasteiger partial charge in [-0.2, -0.15) is 0 Å². The summed E-state index contributed by atoms with van der Waals surface area (Å²) < 4.78 is 16.8. The lowest BCUT2D eigenvalue weighted by molar-refractivity contribution is -0.164. The van der Waals surface area contributed by atoms with E-state index in [0.29, 0.717) is 19.6 Å². The zero-order chi connectivity index (χ0) is 10.5. The van der Waals surface area contributed by atoms with Crippen LogP contribution in [-0.2, 0) is 19.0 Å². The zero-order valence-electron chi connectivity index (χ0n) is 8.64. The highest BCUT2D eigenvalue weighted by Gasteiger charge is 2.56. The molecular weight excluding hydrogens is 196 g/mol. The monoisotopic (exact) mass is 210 g/mol. The first-order valence-corrected chi connectivity index (χ1v) is 5.32. The third-order valence-corrected chi connectivity index (χ3v) is 3.40. The lowest BCUT2D eigenvalue weighted by atomic mass is 9.84. The quantitative estimate of drug-likeness (QED) is 0.628. The molecule has 3 heterocycles. The molecule has 2 saturated heterocycles. The van der Waals surface area contributed by atoms with Gasteiger partial charge in [-0.15, -0.1) is 0 Å². The predicted octanol–water partition coefficient (Wildman–Crippen LogP) is 0.662. The fourth-order valence-electron chi connectivity index (χ4n) is 2.63. The number of hydrogen-bond donors (Lipinski definition) is 0. The molecule has 0 aromatic rings. The van der Waals surface area contributed by atoms with Gasteiger partial charge < -0.3 is 14.2 Å². The minimum atomic E-state index is -0.502. The first kappa shape index (κ1) is 9.51. The van der Waals surface area contributed by atoms with E-state index in [1.807, 2.05) is 12.2 Å². The topological polar surface area (TPSA) is 44.8 Å². The van der Waals surface area contributed by atoms with Crippen LogP contribution in [0.25, 0.3) is 0 Å². The Balaban J connectivity index is 1.84. The van der Waals surface area contributed by atoms with Crippen LogP contribution in [0, 0.1) is 5.92 Å². The van der Waals surface area contributed by atoms with Crippen molar-refractivity contribution in [2.75, 3.05) is 13.2 Å². The lowest BCUT2D eigenvalue weighted by Crippen LogP contribution is -2.40. The maximum absolute atomic E-state index is 11.4. The Bertz CT molecular complexity index is 319. The number of fused-ring (bicyclic) bond motifs is 2. The number of carbonyl (C=O) groups is 1. The summed E-state index contributed by atoms with van der Waals surface area (Å²) in [6, 6.07) is 0. The van der Waals surface area contributed by atoms with Gasteiger partial charge in [0.15, 0.2) is 6.29 Å². The Kier molecular flexibility index (Phi) is 1.99. The summed E-state index contributed by atoms with van der Waals surface area (Å²) in [5.41, 5.74) is -0.502. The van der Waals surface area contributed by atoms with Gasteiger partial charge in [-0.05, 0) is 19.4 Å². The second-order valence-corrected chi connectivity index (χ2v) is 4.39. The summed E-state index contributed by atoms with van der Waals surface area (Å²) in [4.78, 5) is 11.4. The van der Waals surface area contributed by atoms with Gasteiger partial charge in [-0.1, -0.05) is 6.08 Å². The standard InChI is InChI=1S/C11H14O4/c1-7(12)8-6-11(3-2-9(8)15-11)10-13-4-5-14-10/h2-3,8-10H,4-6H2,1H3. The van der Waals surface area contributed by atoms with E-state index in [1.54, 1.807) is 6.92 Å². The van der Waals surface area contributed by atoms with Crippen LogP contribution in [0.2, 0.25) is 0 Å². The largest absolute Gasteiger partial charge is 0.358 e. The molecule has 3 unspecified atom stereocenters. The molecule has 2 bridgehead atoms. The first-order chi connectivity index (χ1) is 7.21. The SMILES string of the molecule is CC(=O)C1CC2(C3OCCO3)C=CC1O2. The third-order valence-electron chi connectivity index (χ3n) is 3.40. The van der Waals surface area contributed by atoms with Gasteiger partial charge in [0.2, 0.25) is 0 Å². The van der Waals surface area contributed by atoms with Crippen molar-refractivity contribution in [1.29, 1.82) is 0 Å². The van der Waals surface area contributed by atoms with Gasteiger partial charge in [0.05, 0.1) is 25.2 Å². The molecule has 0 N–H and O–H groups in total. The molecule has 3 atom stereocenters. The smallest absolute Gasteiger partial charge is 0.190 e. The van der Waals surface area contributed by atoms with Gasteiger partial charge in [-0.3, -0.25) is 4.79 Å². The van der Waals surface area contributed by atoms with E-state index in [9.17, 15) is 4.79 Å². The molecule has 2 fully saturated rings. The number of carbonyl (C=O) groups excluding carboxylic acids is 1. The van der Waals surface area contributed by atoms with Crippen LogP contribution in [0.3, 0.4) is 0 Å². The van der Waals surface area contributed by atoms with Crippen molar-refractivity contribution < 1.29 is 19.0 Å². The summed E-state index contributed by atoms with van der Waals surface area (Å²) in [5, 5.41) is 0. The van der Waals surface area contributed by atoms with E-state index in [-0.39, 0.29) is 24.1 Å². The molecule has 3 rings (SSSR count). The summed E-state index contributed by atoms with van der Waals surface area (Å²) in [6.07, 6.45) is 4.24. The lowest BCUT2D eigenvalue weighted by Gasteiger charge is -2.28. The number of rotatable bonds is 2. The Labute approximate surface area is 88.2 Å². The van der Waals surface area contributed by atoms with Crippen LogP contribution in [-0.4, -0.2) is 37.0 Å². The highest BCUT2D eigenvalue weighted by atomic mass is 16.7. The molecule has 0 amide bonds. The van der Waals surface area contributed by atoms with Crippen molar-refractivity contribution in [3.63, 3.8) is 0 Å². The maximum atomic E-state index is 11.4. The van der Waals surface area contributed by atoms with Crippen LogP contribution in [0.4, 0.5) is 0 Å². The molecule has 4 heteroatoms. The molecule has 15 heavy (non-hydrogen) atoms. The molecule has 0 aromatic heterocycles. The van der Waals surface area contributed by atoms with Crippen molar-refractivity contribution >= 4 is 5.78 Å². The first-order valence-electron chi connectivity index (χ1n) is 5.32. The summed E-state index contributed by atoms with van der Waals surface area (Å²) >= 11 is 0. The molecular formula is C11H14O4. The van der Waals surface area contributed by atoms with E-state index < -0.39 is 5.60 Å². The van der Waals surface area contributed by atoms with Crippen LogP contribution in [0.15, 0.2) is 12.2 Å². The van der Waals surface area contributed by atoms with Crippen molar-refractivity contribution in [3.8, 4) is 0 Å². The van der Waals surface area contributed by atoms with E-state index in [1.165, 1.54) is 0 Å². The Hall–Kier alpha value is -0.710. The predicted molar refractivity (Wildman–Crippen MR) is 51.2 cm³/mol. The van der Waals surface area contributed by atoms with E-state index in [0.717, 1.165) is 0 Å². The molecule has 0 spiro atoms. The van der Waals surface area contributed by atoms with Gasteiger partial charge >= 0.3 is 0 Å². The molecule has 0 aromatic carbocycles. The van der Waals surface area contributed by atoms with Gasteiger partial charge in [0.1, 0.15) is 11.4 Å². The average Bonchev–Trinajstić information content (AvgIpc) is 2.93. The normalized spacial score (nSPS) is 44.1. The van der Waals surface area contributed by atoms with E-state index in [2.05, 4.69) is 0 Å².